The van der Waals surface area contributed by atoms with Crippen LogP contribution in [0.3, 0.4) is 0 Å². The third-order valence-corrected chi connectivity index (χ3v) is 7.20. The summed E-state index contributed by atoms with van der Waals surface area (Å²) < 4.78 is 100.0. The molecular weight excluding hydrogens is 441 g/mol. The summed E-state index contributed by atoms with van der Waals surface area (Å²) in [6.07, 6.45) is -5.95. The summed E-state index contributed by atoms with van der Waals surface area (Å²) in [6, 6.07) is 0. The number of esters is 1. The lowest BCUT2D eigenvalue weighted by Gasteiger charge is -2.55. The predicted octanol–water partition coefficient (Wildman–Crippen LogP) is 2.32. The highest BCUT2D eigenvalue weighted by Gasteiger charge is 2.63. The van der Waals surface area contributed by atoms with Crippen molar-refractivity contribution < 1.29 is 49.2 Å². The van der Waals surface area contributed by atoms with Crippen LogP contribution in [0.15, 0.2) is 0 Å². The van der Waals surface area contributed by atoms with Crippen LogP contribution in [0.5, 0.6) is 0 Å². The second kappa shape index (κ2) is 7.57. The molecule has 0 saturated heterocycles. The normalized spacial score (nSPS) is 32.0. The van der Waals surface area contributed by atoms with E-state index in [0.717, 1.165) is 19.3 Å². The molecule has 4 aliphatic carbocycles. The molecule has 1 unspecified atom stereocenters. The van der Waals surface area contributed by atoms with Crippen molar-refractivity contribution in [1.29, 1.82) is 0 Å². The topological polar surface area (TPSA) is 113 Å². The highest BCUT2D eigenvalue weighted by Crippen LogP contribution is 2.60. The zero-order valence-corrected chi connectivity index (χ0v) is 16.5. The van der Waals surface area contributed by atoms with Gasteiger partial charge in [-0.05, 0) is 56.3 Å². The summed E-state index contributed by atoms with van der Waals surface area (Å²) in [5.41, 5.74) is -0.573. The lowest BCUT2D eigenvalue weighted by atomic mass is 9.49. The number of carbonyl (C=O) groups is 2. The molecule has 0 aliphatic heterocycles. The Morgan fingerprint density at radius 1 is 1.03 bits per heavy atom. The van der Waals surface area contributed by atoms with Gasteiger partial charge in [0.2, 0.25) is 5.91 Å². The standard InChI is InChI=1S/C17H22F5NO6S/c18-16(19,20)13(17(21,22)30(26,27)28)29-12(24)1-2-23-14(25)15-6-9-3-10(7-15)5-11(4-9)8-15/h9-11,13H,1-8H2,(H,23,25)(H,26,27,28)/p-1. The summed E-state index contributed by atoms with van der Waals surface area (Å²) in [4.78, 5) is 24.3. The Kier molecular flexibility index (Phi) is 5.85. The first-order valence-corrected chi connectivity index (χ1v) is 10.9. The minimum absolute atomic E-state index is 0.325. The summed E-state index contributed by atoms with van der Waals surface area (Å²) in [6.45, 7) is -0.459. The van der Waals surface area contributed by atoms with Crippen molar-refractivity contribution in [2.75, 3.05) is 6.54 Å². The Labute approximate surface area is 169 Å². The molecule has 0 spiro atoms. The molecule has 4 bridgehead atoms. The number of alkyl halides is 5. The fraction of sp³-hybridized carbons (Fsp3) is 0.882. The van der Waals surface area contributed by atoms with Gasteiger partial charge >= 0.3 is 17.4 Å². The Balaban J connectivity index is 1.56. The molecule has 0 aromatic rings. The van der Waals surface area contributed by atoms with E-state index >= 15 is 0 Å². The summed E-state index contributed by atoms with van der Waals surface area (Å²) >= 11 is 0. The van der Waals surface area contributed by atoms with Crippen LogP contribution in [0, 0.1) is 23.2 Å². The van der Waals surface area contributed by atoms with E-state index in [-0.39, 0.29) is 5.91 Å². The molecule has 30 heavy (non-hydrogen) atoms. The highest BCUT2D eigenvalue weighted by molar-refractivity contribution is 7.86. The van der Waals surface area contributed by atoms with Crippen molar-refractivity contribution in [1.82, 2.24) is 5.32 Å². The summed E-state index contributed by atoms with van der Waals surface area (Å²) in [5, 5.41) is -3.42. The number of hydrogen-bond donors (Lipinski definition) is 1. The molecule has 0 radical (unpaired) electrons. The number of rotatable bonds is 7. The minimum atomic E-state index is -6.74. The largest absolute Gasteiger partial charge is 0.743 e. The quantitative estimate of drug-likeness (QED) is 0.353. The number of amides is 1. The van der Waals surface area contributed by atoms with Gasteiger partial charge < -0.3 is 14.6 Å². The molecule has 0 aromatic carbocycles. The molecule has 1 amide bonds. The number of carbonyl (C=O) groups excluding carboxylic acids is 2. The van der Waals surface area contributed by atoms with Crippen LogP contribution in [0.4, 0.5) is 22.0 Å². The fourth-order valence-electron chi connectivity index (χ4n) is 5.50. The Morgan fingerprint density at radius 3 is 1.90 bits per heavy atom. The fourth-order valence-corrected chi connectivity index (χ4v) is 5.95. The van der Waals surface area contributed by atoms with Gasteiger partial charge in [0.1, 0.15) is 0 Å². The molecular formula is C17H21F5NO6S-. The van der Waals surface area contributed by atoms with E-state index in [9.17, 15) is 44.5 Å². The van der Waals surface area contributed by atoms with Crippen LogP contribution in [0.2, 0.25) is 0 Å². The monoisotopic (exact) mass is 462 g/mol. The zero-order valence-electron chi connectivity index (χ0n) is 15.7. The van der Waals surface area contributed by atoms with Crippen LogP contribution < -0.4 is 5.32 Å². The maximum atomic E-state index is 13.4. The smallest absolute Gasteiger partial charge is 0.432 e. The van der Waals surface area contributed by atoms with Crippen LogP contribution in [-0.4, -0.2) is 48.9 Å². The maximum absolute atomic E-state index is 13.4. The van der Waals surface area contributed by atoms with E-state index in [4.69, 9.17) is 0 Å². The lowest BCUT2D eigenvalue weighted by molar-refractivity contribution is -0.259. The van der Waals surface area contributed by atoms with Crippen LogP contribution >= 0.6 is 0 Å². The molecule has 0 heterocycles. The summed E-state index contributed by atoms with van der Waals surface area (Å²) in [5.74, 6) is -0.775. The van der Waals surface area contributed by atoms with Crippen molar-refractivity contribution in [3.05, 3.63) is 0 Å². The molecule has 4 fully saturated rings. The molecule has 1 N–H and O–H groups in total. The Morgan fingerprint density at radius 2 is 1.50 bits per heavy atom. The molecule has 0 aromatic heterocycles. The Bertz CT molecular complexity index is 777. The van der Waals surface area contributed by atoms with Gasteiger partial charge in [-0.3, -0.25) is 9.59 Å². The van der Waals surface area contributed by atoms with E-state index in [1.165, 1.54) is 0 Å². The second-order valence-electron chi connectivity index (χ2n) is 8.63. The van der Waals surface area contributed by atoms with E-state index in [0.29, 0.717) is 37.0 Å². The van der Waals surface area contributed by atoms with E-state index in [1.807, 2.05) is 0 Å². The first kappa shape index (κ1) is 23.2. The third kappa shape index (κ3) is 4.41. The maximum Gasteiger partial charge on any atom is 0.432 e. The van der Waals surface area contributed by atoms with E-state index < -0.39 is 52.0 Å². The molecule has 1 atom stereocenters. The zero-order chi connectivity index (χ0) is 22.5. The SMILES string of the molecule is O=C(CCNC(=O)C12CC3CC(CC(C3)C1)C2)OC(C(F)(F)F)C(F)(F)S(=O)(=O)[O-]. The predicted molar refractivity (Wildman–Crippen MR) is 88.8 cm³/mol. The number of nitrogens with one attached hydrogen (secondary N) is 1. The van der Waals surface area contributed by atoms with Crippen molar-refractivity contribution in [2.24, 2.45) is 23.2 Å². The second-order valence-corrected chi connectivity index (χ2v) is 10.1. The van der Waals surface area contributed by atoms with Gasteiger partial charge in [0, 0.05) is 12.0 Å². The molecule has 172 valence electrons. The Hall–Kier alpha value is -1.50. The third-order valence-electron chi connectivity index (χ3n) is 6.32. The highest BCUT2D eigenvalue weighted by atomic mass is 32.2. The molecule has 4 aliphatic rings. The number of ether oxygens (including phenoxy) is 1. The molecule has 4 rings (SSSR count). The molecule has 7 nitrogen and oxygen atoms in total. The molecule has 13 heteroatoms. The van der Waals surface area contributed by atoms with Gasteiger partial charge in [0.05, 0.1) is 6.42 Å². The average Bonchev–Trinajstić information content (AvgIpc) is 2.56. The van der Waals surface area contributed by atoms with Crippen LogP contribution in [0.25, 0.3) is 0 Å². The minimum Gasteiger partial charge on any atom is -0.743 e. The van der Waals surface area contributed by atoms with Gasteiger partial charge in [-0.25, -0.2) is 8.42 Å². The molecule has 4 saturated carbocycles. The first-order valence-electron chi connectivity index (χ1n) is 9.52. The summed E-state index contributed by atoms with van der Waals surface area (Å²) in [7, 11) is -6.74. The van der Waals surface area contributed by atoms with Crippen LogP contribution in [0.1, 0.15) is 44.9 Å². The van der Waals surface area contributed by atoms with Gasteiger partial charge in [-0.1, -0.05) is 0 Å². The number of hydrogen-bond acceptors (Lipinski definition) is 6. The first-order chi connectivity index (χ1) is 13.6. The van der Waals surface area contributed by atoms with Crippen molar-refractivity contribution in [3.63, 3.8) is 0 Å². The van der Waals surface area contributed by atoms with Gasteiger partial charge in [-0.2, -0.15) is 22.0 Å². The van der Waals surface area contributed by atoms with Crippen molar-refractivity contribution in [2.45, 2.75) is 62.5 Å². The average molecular weight is 462 g/mol. The van der Waals surface area contributed by atoms with Crippen LogP contribution in [-0.2, 0) is 24.4 Å². The van der Waals surface area contributed by atoms with Crippen molar-refractivity contribution >= 4 is 22.0 Å². The van der Waals surface area contributed by atoms with Crippen molar-refractivity contribution in [3.8, 4) is 0 Å². The number of halogens is 5. The van der Waals surface area contributed by atoms with E-state index in [2.05, 4.69) is 10.1 Å². The van der Waals surface area contributed by atoms with Gasteiger partial charge in [0.15, 0.2) is 10.1 Å². The van der Waals surface area contributed by atoms with E-state index in [1.54, 1.807) is 0 Å². The lowest BCUT2D eigenvalue weighted by Crippen LogP contribution is -2.54. The van der Waals surface area contributed by atoms with Gasteiger partial charge in [0.25, 0.3) is 6.10 Å². The van der Waals surface area contributed by atoms with Gasteiger partial charge in [-0.15, -0.1) is 0 Å².